The monoisotopic (exact) mass is 360 g/mol. The average molecular weight is 360 g/mol. The summed E-state index contributed by atoms with van der Waals surface area (Å²) in [7, 11) is 0. The fourth-order valence-electron chi connectivity index (χ4n) is 1.99. The molecule has 0 spiro atoms. The number of aliphatic carboxylic acids is 1. The molecule has 3 amide bonds. The minimum absolute atomic E-state index is 0.254. The number of carboxylic acids is 1. The molecule has 3 atom stereocenters. The predicted octanol–water partition coefficient (Wildman–Crippen LogP) is -2.21. The molecule has 10 heteroatoms. The van der Waals surface area contributed by atoms with Crippen LogP contribution in [0.4, 0.5) is 0 Å². The summed E-state index contributed by atoms with van der Waals surface area (Å²) < 4.78 is 0. The quantitative estimate of drug-likeness (QED) is 0.256. The van der Waals surface area contributed by atoms with Gasteiger partial charge in [0, 0.05) is 0 Å². The van der Waals surface area contributed by atoms with E-state index in [9.17, 15) is 19.2 Å². The summed E-state index contributed by atoms with van der Waals surface area (Å²) in [5.74, 6) is -3.82. The van der Waals surface area contributed by atoms with Gasteiger partial charge in [-0.2, -0.15) is 0 Å². The summed E-state index contributed by atoms with van der Waals surface area (Å²) in [6.07, 6.45) is 0. The lowest BCUT2D eigenvalue weighted by Crippen LogP contribution is -2.59. The van der Waals surface area contributed by atoms with Gasteiger partial charge in [0.05, 0.1) is 13.2 Å². The van der Waals surface area contributed by atoms with Gasteiger partial charge in [0.2, 0.25) is 17.7 Å². The van der Waals surface area contributed by atoms with Crippen LogP contribution >= 0.6 is 0 Å². The van der Waals surface area contributed by atoms with Crippen LogP contribution in [0.25, 0.3) is 0 Å². The van der Waals surface area contributed by atoms with Crippen LogP contribution in [-0.4, -0.2) is 65.2 Å². The van der Waals surface area contributed by atoms with Gasteiger partial charge < -0.3 is 31.9 Å². The molecule has 7 N–H and O–H groups in total. The number of rotatable bonds is 10. The molecule has 0 aliphatic rings. The van der Waals surface area contributed by atoms with Crippen molar-refractivity contribution in [3.63, 3.8) is 0 Å². The molecule has 0 fully saturated rings. The first-order chi connectivity index (χ1) is 11.5. The molecule has 0 radical (unpaired) electrons. The molecule has 0 saturated heterocycles. The topological polar surface area (TPSA) is 171 Å². The van der Waals surface area contributed by atoms with Crippen molar-refractivity contribution >= 4 is 23.7 Å². The van der Waals surface area contributed by atoms with Crippen molar-refractivity contribution in [2.45, 2.75) is 45.8 Å². The highest BCUT2D eigenvalue weighted by Crippen LogP contribution is 2.07. The van der Waals surface area contributed by atoms with Gasteiger partial charge in [0.15, 0.2) is 0 Å². The Labute approximate surface area is 146 Å². The van der Waals surface area contributed by atoms with Crippen LogP contribution in [-0.2, 0) is 19.2 Å². The van der Waals surface area contributed by atoms with E-state index in [2.05, 4.69) is 16.0 Å². The number of aliphatic hydroxyl groups excluding tert-OH is 1. The Morgan fingerprint density at radius 1 is 0.880 bits per heavy atom. The summed E-state index contributed by atoms with van der Waals surface area (Å²) in [4.78, 5) is 47.1. The van der Waals surface area contributed by atoms with Gasteiger partial charge in [-0.1, -0.05) is 27.7 Å². The zero-order valence-corrected chi connectivity index (χ0v) is 14.9. The average Bonchev–Trinajstić information content (AvgIpc) is 2.53. The van der Waals surface area contributed by atoms with Crippen molar-refractivity contribution in [1.82, 2.24) is 16.0 Å². The molecule has 0 aliphatic heterocycles. The molecule has 10 nitrogen and oxygen atoms in total. The van der Waals surface area contributed by atoms with Crippen LogP contribution in [0, 0.1) is 11.8 Å². The molecule has 0 aromatic heterocycles. The van der Waals surface area contributed by atoms with Crippen LogP contribution < -0.4 is 21.7 Å². The Balaban J connectivity index is 5.15. The largest absolute Gasteiger partial charge is 0.480 e. The van der Waals surface area contributed by atoms with Crippen molar-refractivity contribution in [3.8, 4) is 0 Å². The van der Waals surface area contributed by atoms with E-state index >= 15 is 0 Å². The smallest absolute Gasteiger partial charge is 0.328 e. The first-order valence-electron chi connectivity index (χ1n) is 7.98. The number of aliphatic hydroxyl groups is 1. The third-order valence-electron chi connectivity index (χ3n) is 3.50. The molecule has 144 valence electrons. The fraction of sp³-hybridized carbons (Fsp3) is 0.733. The molecule has 0 saturated carbocycles. The number of nitrogens with two attached hydrogens (primary N) is 1. The minimum Gasteiger partial charge on any atom is -0.480 e. The highest BCUT2D eigenvalue weighted by Gasteiger charge is 2.31. The van der Waals surface area contributed by atoms with Gasteiger partial charge in [0.1, 0.15) is 18.1 Å². The Morgan fingerprint density at radius 2 is 1.32 bits per heavy atom. The Bertz CT molecular complexity index is 494. The molecule has 3 unspecified atom stereocenters. The van der Waals surface area contributed by atoms with Gasteiger partial charge in [-0.05, 0) is 11.8 Å². The van der Waals surface area contributed by atoms with Crippen molar-refractivity contribution in [2.24, 2.45) is 17.6 Å². The van der Waals surface area contributed by atoms with E-state index in [4.69, 9.17) is 15.9 Å². The zero-order valence-electron chi connectivity index (χ0n) is 14.9. The summed E-state index contributed by atoms with van der Waals surface area (Å²) in [6, 6.07) is -3.39. The van der Waals surface area contributed by atoms with E-state index < -0.39 is 48.4 Å². The third-order valence-corrected chi connectivity index (χ3v) is 3.50. The van der Waals surface area contributed by atoms with Crippen molar-refractivity contribution in [1.29, 1.82) is 0 Å². The van der Waals surface area contributed by atoms with Crippen LogP contribution in [0.1, 0.15) is 27.7 Å². The Morgan fingerprint density at radius 3 is 1.68 bits per heavy atom. The van der Waals surface area contributed by atoms with Crippen LogP contribution in [0.3, 0.4) is 0 Å². The maximum absolute atomic E-state index is 12.4. The van der Waals surface area contributed by atoms with E-state index in [0.717, 1.165) is 0 Å². The highest BCUT2D eigenvalue weighted by molar-refractivity contribution is 5.93. The fourth-order valence-corrected chi connectivity index (χ4v) is 1.99. The predicted molar refractivity (Wildman–Crippen MR) is 89.2 cm³/mol. The van der Waals surface area contributed by atoms with Gasteiger partial charge >= 0.3 is 5.97 Å². The molecule has 0 aromatic carbocycles. The van der Waals surface area contributed by atoms with Crippen LogP contribution in [0.5, 0.6) is 0 Å². The summed E-state index contributed by atoms with van der Waals surface area (Å²) >= 11 is 0. The van der Waals surface area contributed by atoms with Crippen molar-refractivity contribution in [2.75, 3.05) is 13.2 Å². The molecular weight excluding hydrogens is 332 g/mol. The molecule has 0 rings (SSSR count). The molecule has 25 heavy (non-hydrogen) atoms. The third kappa shape index (κ3) is 7.48. The van der Waals surface area contributed by atoms with Gasteiger partial charge in [-0.15, -0.1) is 0 Å². The van der Waals surface area contributed by atoms with Crippen molar-refractivity contribution in [3.05, 3.63) is 0 Å². The Kier molecular flexibility index (Phi) is 9.69. The summed E-state index contributed by atoms with van der Waals surface area (Å²) in [5.41, 5.74) is 5.23. The SMILES string of the molecule is CC(C)C(NC(=O)CN)C(=O)NC(C(=O)NC(CO)C(=O)O)C(C)C. The maximum atomic E-state index is 12.4. The summed E-state index contributed by atoms with van der Waals surface area (Å²) in [6.45, 7) is 5.72. The normalized spacial score (nSPS) is 14.6. The van der Waals surface area contributed by atoms with E-state index in [0.29, 0.717) is 0 Å². The van der Waals surface area contributed by atoms with Crippen LogP contribution in [0.2, 0.25) is 0 Å². The molecule has 0 aliphatic carbocycles. The highest BCUT2D eigenvalue weighted by atomic mass is 16.4. The lowest BCUT2D eigenvalue weighted by Gasteiger charge is -2.27. The lowest BCUT2D eigenvalue weighted by molar-refractivity contribution is -0.143. The second kappa shape index (κ2) is 10.6. The Hall–Kier alpha value is -2.20. The van der Waals surface area contributed by atoms with E-state index in [1.54, 1.807) is 27.7 Å². The number of hydrogen-bond donors (Lipinski definition) is 6. The number of carbonyl (C=O) groups excluding carboxylic acids is 3. The second-order valence-electron chi connectivity index (χ2n) is 6.31. The van der Waals surface area contributed by atoms with Crippen molar-refractivity contribution < 1.29 is 29.4 Å². The van der Waals surface area contributed by atoms with E-state index in [1.807, 2.05) is 0 Å². The minimum atomic E-state index is -1.47. The first-order valence-corrected chi connectivity index (χ1v) is 7.98. The second-order valence-corrected chi connectivity index (χ2v) is 6.31. The van der Waals surface area contributed by atoms with Gasteiger partial charge in [-0.3, -0.25) is 14.4 Å². The number of carbonyl (C=O) groups is 4. The lowest BCUT2D eigenvalue weighted by atomic mass is 9.99. The molecule has 0 heterocycles. The number of amides is 3. The van der Waals surface area contributed by atoms with E-state index in [1.165, 1.54) is 0 Å². The standard InChI is InChI=1S/C15H28N4O6/c1-7(2)11(18-10(21)5-16)14(23)19-12(8(3)4)13(22)17-9(6-20)15(24)25/h7-9,11-12,20H,5-6,16H2,1-4H3,(H,17,22)(H,18,21)(H,19,23)(H,24,25). The zero-order chi connectivity index (χ0) is 19.7. The molecule has 0 aromatic rings. The number of nitrogens with one attached hydrogen (secondary N) is 3. The summed E-state index contributed by atoms with van der Waals surface area (Å²) in [5, 5.41) is 25.0. The van der Waals surface area contributed by atoms with Gasteiger partial charge in [0.25, 0.3) is 0 Å². The van der Waals surface area contributed by atoms with Crippen LogP contribution in [0.15, 0.2) is 0 Å². The maximum Gasteiger partial charge on any atom is 0.328 e. The van der Waals surface area contributed by atoms with E-state index in [-0.39, 0.29) is 18.4 Å². The first kappa shape index (κ1) is 22.8. The van der Waals surface area contributed by atoms with Gasteiger partial charge in [-0.25, -0.2) is 4.79 Å². The number of carboxylic acid groups (broad SMARTS) is 1. The molecular formula is C15H28N4O6. The molecule has 0 bridgehead atoms. The number of hydrogen-bond acceptors (Lipinski definition) is 6.